The van der Waals surface area contributed by atoms with Crippen molar-refractivity contribution in [2.45, 2.75) is 24.8 Å². The van der Waals surface area contributed by atoms with E-state index in [0.717, 1.165) is 0 Å². The van der Waals surface area contributed by atoms with Crippen molar-refractivity contribution in [1.29, 1.82) is 0 Å². The normalized spacial score (nSPS) is 16.1. The number of esters is 1. The summed E-state index contributed by atoms with van der Waals surface area (Å²) in [5, 5.41) is 2.60. The second-order valence-electron chi connectivity index (χ2n) is 7.91. The number of Topliss-reactive ketones (excluding diaryl/α,β-unsaturated/α-hetero) is 1. The maximum Gasteiger partial charge on any atom is 0.338 e. The fourth-order valence-corrected chi connectivity index (χ4v) is 4.77. The zero-order valence-corrected chi connectivity index (χ0v) is 19.6. The summed E-state index contributed by atoms with van der Waals surface area (Å²) in [5.74, 6) is -1.53. The molecule has 3 rings (SSSR count). The topological polar surface area (TPSA) is 113 Å². The van der Waals surface area contributed by atoms with E-state index in [1.807, 2.05) is 11.9 Å². The van der Waals surface area contributed by atoms with Crippen LogP contribution >= 0.6 is 0 Å². The Morgan fingerprint density at radius 3 is 2.27 bits per heavy atom. The fraction of sp³-hybridized carbons (Fsp3) is 0.348. The van der Waals surface area contributed by atoms with Gasteiger partial charge in [-0.25, -0.2) is 13.2 Å². The fourth-order valence-electron chi connectivity index (χ4n) is 3.30. The lowest BCUT2D eigenvalue weighted by Crippen LogP contribution is -2.47. The van der Waals surface area contributed by atoms with Crippen LogP contribution in [0.2, 0.25) is 0 Å². The van der Waals surface area contributed by atoms with Crippen molar-refractivity contribution in [1.82, 2.24) is 9.21 Å². The molecule has 9 nitrogen and oxygen atoms in total. The highest BCUT2D eigenvalue weighted by Gasteiger charge is 2.28. The minimum atomic E-state index is -3.75. The minimum absolute atomic E-state index is 0.000319. The Labute approximate surface area is 193 Å². The van der Waals surface area contributed by atoms with E-state index in [4.69, 9.17) is 4.74 Å². The van der Waals surface area contributed by atoms with E-state index in [2.05, 4.69) is 5.32 Å². The SMILES string of the molecule is CC(=O)c1cccc(NC(=O)[C@H](C)OC(=O)c2cccc(S(=O)(=O)N3CCN(C)CC3)c2)c1. The Hall–Kier alpha value is -3.08. The van der Waals surface area contributed by atoms with Crippen molar-refractivity contribution in [3.63, 3.8) is 0 Å². The van der Waals surface area contributed by atoms with Crippen LogP contribution in [0.1, 0.15) is 34.6 Å². The number of sulfonamides is 1. The number of nitrogens with one attached hydrogen (secondary N) is 1. The number of likely N-dealkylation sites (N-methyl/N-ethyl adjacent to an activating group) is 1. The van der Waals surface area contributed by atoms with Crippen molar-refractivity contribution in [3.8, 4) is 0 Å². The van der Waals surface area contributed by atoms with Gasteiger partial charge in [-0.2, -0.15) is 4.31 Å². The molecule has 0 spiro atoms. The van der Waals surface area contributed by atoms with Crippen LogP contribution in [-0.4, -0.2) is 74.6 Å². The number of hydrogen-bond donors (Lipinski definition) is 1. The molecule has 2 aromatic rings. The van der Waals surface area contributed by atoms with Crippen LogP contribution < -0.4 is 5.32 Å². The van der Waals surface area contributed by atoms with E-state index >= 15 is 0 Å². The quantitative estimate of drug-likeness (QED) is 0.483. The number of hydrogen-bond acceptors (Lipinski definition) is 7. The molecule has 0 saturated carbocycles. The third kappa shape index (κ3) is 6.04. The standard InChI is InChI=1S/C23H27N3O6S/c1-16(27)18-6-4-8-20(14-18)24-22(28)17(2)32-23(29)19-7-5-9-21(15-19)33(30,31)26-12-10-25(3)11-13-26/h4-9,14-15,17H,10-13H2,1-3H3,(H,24,28)/t17-/m0/s1. The molecule has 1 aliphatic rings. The van der Waals surface area contributed by atoms with Crippen LogP contribution in [0.5, 0.6) is 0 Å². The molecule has 0 radical (unpaired) electrons. The maximum absolute atomic E-state index is 12.9. The number of ketones is 1. The Balaban J connectivity index is 1.67. The van der Waals surface area contributed by atoms with Crippen LogP contribution in [0.4, 0.5) is 5.69 Å². The molecule has 10 heteroatoms. The lowest BCUT2D eigenvalue weighted by Gasteiger charge is -2.31. The average molecular weight is 474 g/mol. The number of carbonyl (C=O) groups excluding carboxylic acids is 3. The molecule has 1 fully saturated rings. The highest BCUT2D eigenvalue weighted by Crippen LogP contribution is 2.20. The van der Waals surface area contributed by atoms with Crippen LogP contribution in [0, 0.1) is 0 Å². The molecule has 0 aromatic heterocycles. The van der Waals surface area contributed by atoms with E-state index in [0.29, 0.717) is 37.4 Å². The smallest absolute Gasteiger partial charge is 0.338 e. The molecule has 33 heavy (non-hydrogen) atoms. The number of amides is 1. The van der Waals surface area contributed by atoms with Gasteiger partial charge >= 0.3 is 5.97 Å². The molecule has 1 N–H and O–H groups in total. The summed E-state index contributed by atoms with van der Waals surface area (Å²) >= 11 is 0. The number of anilines is 1. The van der Waals surface area contributed by atoms with Crippen LogP contribution in [0.25, 0.3) is 0 Å². The number of ether oxygens (including phenoxy) is 1. The Bertz CT molecular complexity index is 1160. The monoisotopic (exact) mass is 473 g/mol. The molecule has 0 unspecified atom stereocenters. The lowest BCUT2D eigenvalue weighted by atomic mass is 10.1. The van der Waals surface area contributed by atoms with Crippen molar-refractivity contribution in [2.24, 2.45) is 0 Å². The highest BCUT2D eigenvalue weighted by atomic mass is 32.2. The second kappa shape index (κ2) is 10.2. The molecule has 2 aromatic carbocycles. The molecule has 176 valence electrons. The third-order valence-electron chi connectivity index (χ3n) is 5.36. The molecule has 1 saturated heterocycles. The summed E-state index contributed by atoms with van der Waals surface area (Å²) in [6, 6.07) is 12.0. The predicted molar refractivity (Wildman–Crippen MR) is 123 cm³/mol. The first-order valence-electron chi connectivity index (χ1n) is 10.5. The Morgan fingerprint density at radius 2 is 1.61 bits per heavy atom. The molecule has 1 heterocycles. The van der Waals surface area contributed by atoms with Crippen molar-refractivity contribution in [3.05, 3.63) is 59.7 Å². The molecule has 0 aliphatic carbocycles. The van der Waals surface area contributed by atoms with Gasteiger partial charge in [-0.05, 0) is 51.2 Å². The van der Waals surface area contributed by atoms with Crippen molar-refractivity contribution in [2.75, 3.05) is 38.5 Å². The largest absolute Gasteiger partial charge is 0.449 e. The van der Waals surface area contributed by atoms with Gasteiger partial charge in [-0.15, -0.1) is 0 Å². The van der Waals surface area contributed by atoms with Gasteiger partial charge in [-0.1, -0.05) is 18.2 Å². The van der Waals surface area contributed by atoms with Gasteiger partial charge in [0.15, 0.2) is 11.9 Å². The summed E-state index contributed by atoms with van der Waals surface area (Å²) in [4.78, 5) is 38.6. The van der Waals surface area contributed by atoms with E-state index in [9.17, 15) is 22.8 Å². The molecule has 1 aliphatic heterocycles. The zero-order valence-electron chi connectivity index (χ0n) is 18.8. The maximum atomic E-state index is 12.9. The van der Waals surface area contributed by atoms with Gasteiger partial charge in [0.05, 0.1) is 10.5 Å². The average Bonchev–Trinajstić information content (AvgIpc) is 2.79. The summed E-state index contributed by atoms with van der Waals surface area (Å²) in [6.45, 7) is 4.83. The number of piperazine rings is 1. The first-order chi connectivity index (χ1) is 15.6. The van der Waals surface area contributed by atoms with Crippen molar-refractivity contribution >= 4 is 33.4 Å². The van der Waals surface area contributed by atoms with Gasteiger partial charge in [0, 0.05) is 37.4 Å². The molecule has 1 amide bonds. The van der Waals surface area contributed by atoms with E-state index in [1.54, 1.807) is 18.2 Å². The van der Waals surface area contributed by atoms with Crippen molar-refractivity contribution < 1.29 is 27.5 Å². The summed E-state index contributed by atoms with van der Waals surface area (Å²) < 4.78 is 32.5. The third-order valence-corrected chi connectivity index (χ3v) is 7.25. The summed E-state index contributed by atoms with van der Waals surface area (Å²) in [5.41, 5.74) is 0.870. The Kier molecular flexibility index (Phi) is 7.62. The van der Waals surface area contributed by atoms with Gasteiger partial charge in [-0.3, -0.25) is 9.59 Å². The van der Waals surface area contributed by atoms with Gasteiger partial charge < -0.3 is 15.0 Å². The lowest BCUT2D eigenvalue weighted by molar-refractivity contribution is -0.123. The molecule has 1 atom stereocenters. The highest BCUT2D eigenvalue weighted by molar-refractivity contribution is 7.89. The van der Waals surface area contributed by atoms with E-state index in [1.165, 1.54) is 48.5 Å². The van der Waals surface area contributed by atoms with E-state index < -0.39 is 28.0 Å². The van der Waals surface area contributed by atoms with Crippen LogP contribution in [-0.2, 0) is 19.6 Å². The van der Waals surface area contributed by atoms with Crippen LogP contribution in [0.3, 0.4) is 0 Å². The summed E-state index contributed by atoms with van der Waals surface area (Å²) in [6.07, 6.45) is -1.14. The number of rotatable bonds is 7. The first-order valence-corrected chi connectivity index (χ1v) is 11.9. The van der Waals surface area contributed by atoms with Gasteiger partial charge in [0.1, 0.15) is 0 Å². The minimum Gasteiger partial charge on any atom is -0.449 e. The zero-order chi connectivity index (χ0) is 24.2. The number of benzene rings is 2. The second-order valence-corrected chi connectivity index (χ2v) is 9.85. The summed E-state index contributed by atoms with van der Waals surface area (Å²) in [7, 11) is -1.82. The van der Waals surface area contributed by atoms with Gasteiger partial charge in [0.2, 0.25) is 10.0 Å². The Morgan fingerprint density at radius 1 is 0.970 bits per heavy atom. The molecule has 0 bridgehead atoms. The first kappa shape index (κ1) is 24.6. The number of nitrogens with zero attached hydrogens (tertiary/aromatic N) is 2. The molecular formula is C23H27N3O6S. The molecular weight excluding hydrogens is 446 g/mol. The van der Waals surface area contributed by atoms with Crippen LogP contribution in [0.15, 0.2) is 53.4 Å². The van der Waals surface area contributed by atoms with Gasteiger partial charge in [0.25, 0.3) is 5.91 Å². The number of carbonyl (C=O) groups is 3. The van der Waals surface area contributed by atoms with E-state index in [-0.39, 0.29) is 16.2 Å². The predicted octanol–water partition coefficient (Wildman–Crippen LogP) is 2.01.